The van der Waals surface area contributed by atoms with E-state index >= 15 is 0 Å². The minimum Gasteiger partial charge on any atom is -0.486 e. The first kappa shape index (κ1) is 15.4. The third-order valence-corrected chi connectivity index (χ3v) is 2.39. The number of nitrogen functional groups attached to an aromatic ring is 2. The predicted octanol–water partition coefficient (Wildman–Crippen LogP) is -1.47. The Morgan fingerprint density at radius 3 is 1.20 bits per heavy atom. The Morgan fingerprint density at radius 1 is 0.700 bits per heavy atom. The molecule has 0 radical (unpaired) electrons. The molecule has 4 N–H and O–H groups in total. The van der Waals surface area contributed by atoms with Crippen molar-refractivity contribution in [3.8, 4) is 11.5 Å². The molecule has 108 valence electrons. The van der Waals surface area contributed by atoms with Crippen molar-refractivity contribution in [1.82, 2.24) is 0 Å². The molecule has 8 heteroatoms. The van der Waals surface area contributed by atoms with E-state index in [-0.39, 0.29) is 22.9 Å². The van der Waals surface area contributed by atoms with Crippen molar-refractivity contribution in [2.24, 2.45) is 0 Å². The molecule has 0 spiro atoms. The van der Waals surface area contributed by atoms with E-state index < -0.39 is 21.7 Å². The van der Waals surface area contributed by atoms with Gasteiger partial charge < -0.3 is 20.9 Å². The molecule has 0 aromatic heterocycles. The predicted molar refractivity (Wildman–Crippen MR) is 73.9 cm³/mol. The summed E-state index contributed by atoms with van der Waals surface area (Å²) in [6.07, 6.45) is 0. The van der Waals surface area contributed by atoms with Crippen LogP contribution in [-0.2, 0) is 0 Å². The number of hydrogen-bond donors (Lipinski definition) is 2. The van der Waals surface area contributed by atoms with Crippen LogP contribution in [0, 0.1) is 0 Å². The molecule has 0 fully saturated rings. The molecule has 8 nitrogen and oxygen atoms in total. The second-order valence-electron chi connectivity index (χ2n) is 3.67. The third-order valence-electron chi connectivity index (χ3n) is 2.39. The lowest BCUT2D eigenvalue weighted by Crippen LogP contribution is -2.36. The Balaban J connectivity index is 0.000000217. The largest absolute Gasteiger partial charge is 0.486 e. The first-order valence-corrected chi connectivity index (χ1v) is 5.79. The number of hydrogen-bond acceptors (Lipinski definition) is 8. The summed E-state index contributed by atoms with van der Waals surface area (Å²) >= 11 is 0. The summed E-state index contributed by atoms with van der Waals surface area (Å²) < 4.78 is 9.82. The van der Waals surface area contributed by atoms with Crippen LogP contribution in [0.5, 0.6) is 11.5 Å². The minimum absolute atomic E-state index is 0.0735. The Morgan fingerprint density at radius 2 is 1.00 bits per heavy atom. The van der Waals surface area contributed by atoms with Crippen molar-refractivity contribution in [2.45, 2.75) is 13.8 Å². The molecule has 0 atom stereocenters. The van der Waals surface area contributed by atoms with Gasteiger partial charge in [-0.05, 0) is 13.8 Å². The summed E-state index contributed by atoms with van der Waals surface area (Å²) in [5.41, 5.74) is 7.18. The summed E-state index contributed by atoms with van der Waals surface area (Å²) in [4.78, 5) is 42.0. The molecular formula is C12H14N2O6. The van der Waals surface area contributed by atoms with Gasteiger partial charge in [-0.25, -0.2) is 0 Å². The van der Waals surface area contributed by atoms with Gasteiger partial charge in [-0.3, -0.25) is 19.2 Å². The van der Waals surface area contributed by atoms with Gasteiger partial charge in [0.1, 0.15) is 11.4 Å². The standard InChI is InChI=1S/C8H10O4.C4H4N2O2/c1-3-11-7-5(9)6(10)8(7)12-4-2;5-1-2(6)4(8)3(1)7/h3-4H2,1-2H3;5-6H2. The Kier molecular flexibility index (Phi) is 4.63. The van der Waals surface area contributed by atoms with Crippen LogP contribution in [0.4, 0.5) is 11.4 Å². The topological polar surface area (TPSA) is 139 Å². The van der Waals surface area contributed by atoms with Crippen molar-refractivity contribution in [1.29, 1.82) is 0 Å². The van der Waals surface area contributed by atoms with E-state index in [2.05, 4.69) is 0 Å². The molecule has 2 aromatic carbocycles. The molecular weight excluding hydrogens is 268 g/mol. The van der Waals surface area contributed by atoms with Gasteiger partial charge in [0, 0.05) is 0 Å². The van der Waals surface area contributed by atoms with E-state index in [1.54, 1.807) is 13.8 Å². The lowest BCUT2D eigenvalue weighted by atomic mass is 10.2. The number of nitrogens with two attached hydrogens (primary N) is 2. The molecule has 0 heterocycles. The highest BCUT2D eigenvalue weighted by Crippen LogP contribution is 2.19. The van der Waals surface area contributed by atoms with Crippen molar-refractivity contribution in [3.63, 3.8) is 0 Å². The monoisotopic (exact) mass is 282 g/mol. The van der Waals surface area contributed by atoms with Gasteiger partial charge in [0.2, 0.25) is 11.5 Å². The average Bonchev–Trinajstić information content (AvgIpc) is 2.48. The first-order chi connectivity index (χ1) is 9.36. The number of rotatable bonds is 4. The molecule has 0 aliphatic carbocycles. The molecule has 0 bridgehead atoms. The van der Waals surface area contributed by atoms with Gasteiger partial charge in [0.25, 0.3) is 21.7 Å². The van der Waals surface area contributed by atoms with E-state index in [0.29, 0.717) is 13.2 Å². The van der Waals surface area contributed by atoms with Gasteiger partial charge in [0.05, 0.1) is 13.2 Å². The fourth-order valence-electron chi connectivity index (χ4n) is 1.33. The lowest BCUT2D eigenvalue weighted by Gasteiger charge is -2.10. The van der Waals surface area contributed by atoms with Crippen molar-refractivity contribution in [2.75, 3.05) is 24.7 Å². The molecule has 0 amide bonds. The molecule has 2 aromatic rings. The highest BCUT2D eigenvalue weighted by Gasteiger charge is 2.23. The van der Waals surface area contributed by atoms with E-state index in [0.717, 1.165) is 0 Å². The molecule has 0 aliphatic heterocycles. The van der Waals surface area contributed by atoms with Gasteiger partial charge in [-0.1, -0.05) is 0 Å². The van der Waals surface area contributed by atoms with Crippen molar-refractivity contribution < 1.29 is 9.47 Å². The van der Waals surface area contributed by atoms with Crippen molar-refractivity contribution in [3.05, 3.63) is 40.9 Å². The zero-order valence-electron chi connectivity index (χ0n) is 11.0. The van der Waals surface area contributed by atoms with E-state index in [1.807, 2.05) is 0 Å². The summed E-state index contributed by atoms with van der Waals surface area (Å²) in [7, 11) is 0. The second-order valence-corrected chi connectivity index (χ2v) is 3.67. The summed E-state index contributed by atoms with van der Waals surface area (Å²) in [5.74, 6) is 0.147. The SMILES string of the molecule is CCOc1c(OCC)c(=O)c1=O.Nc1c(N)c(=O)c1=O. The average molecular weight is 282 g/mol. The highest BCUT2D eigenvalue weighted by atomic mass is 16.5. The smallest absolute Gasteiger partial charge is 0.275 e. The molecule has 20 heavy (non-hydrogen) atoms. The van der Waals surface area contributed by atoms with Crippen LogP contribution in [0.2, 0.25) is 0 Å². The minimum atomic E-state index is -0.664. The van der Waals surface area contributed by atoms with Crippen LogP contribution in [-0.4, -0.2) is 13.2 Å². The van der Waals surface area contributed by atoms with Crippen LogP contribution in [0.1, 0.15) is 13.8 Å². The Bertz CT molecular complexity index is 683. The maximum atomic E-state index is 10.8. The Labute approximate surface area is 112 Å². The fourth-order valence-corrected chi connectivity index (χ4v) is 1.33. The van der Waals surface area contributed by atoms with Crippen LogP contribution in [0.15, 0.2) is 19.2 Å². The summed E-state index contributed by atoms with van der Waals surface area (Å²) in [6, 6.07) is 0. The highest BCUT2D eigenvalue weighted by molar-refractivity contribution is 5.68. The van der Waals surface area contributed by atoms with Gasteiger partial charge in [0.15, 0.2) is 0 Å². The second kappa shape index (κ2) is 6.00. The van der Waals surface area contributed by atoms with Crippen LogP contribution >= 0.6 is 0 Å². The van der Waals surface area contributed by atoms with Crippen LogP contribution < -0.4 is 42.7 Å². The van der Waals surface area contributed by atoms with Gasteiger partial charge >= 0.3 is 0 Å². The fraction of sp³-hybridized carbons (Fsp3) is 0.333. The quantitative estimate of drug-likeness (QED) is 0.648. The molecule has 0 unspecified atom stereocenters. The number of anilines is 2. The van der Waals surface area contributed by atoms with Crippen LogP contribution in [0.25, 0.3) is 0 Å². The maximum absolute atomic E-state index is 10.8. The van der Waals surface area contributed by atoms with E-state index in [1.165, 1.54) is 0 Å². The normalized spacial score (nSPS) is 10.1. The Hall–Kier alpha value is -2.64. The third kappa shape index (κ3) is 2.53. The molecule has 0 aliphatic rings. The zero-order chi connectivity index (χ0) is 15.4. The number of ether oxygens (including phenoxy) is 2. The van der Waals surface area contributed by atoms with E-state index in [9.17, 15) is 19.2 Å². The van der Waals surface area contributed by atoms with E-state index in [4.69, 9.17) is 20.9 Å². The first-order valence-electron chi connectivity index (χ1n) is 5.79. The van der Waals surface area contributed by atoms with Gasteiger partial charge in [-0.2, -0.15) is 0 Å². The van der Waals surface area contributed by atoms with Gasteiger partial charge in [-0.15, -0.1) is 0 Å². The maximum Gasteiger partial charge on any atom is 0.275 e. The molecule has 0 saturated carbocycles. The van der Waals surface area contributed by atoms with Crippen molar-refractivity contribution >= 4 is 11.4 Å². The van der Waals surface area contributed by atoms with Crippen LogP contribution in [0.3, 0.4) is 0 Å². The zero-order valence-corrected chi connectivity index (χ0v) is 11.0. The molecule has 2 rings (SSSR count). The summed E-state index contributed by atoms with van der Waals surface area (Å²) in [5, 5.41) is 0. The summed E-state index contributed by atoms with van der Waals surface area (Å²) in [6.45, 7) is 4.22. The lowest BCUT2D eigenvalue weighted by molar-refractivity contribution is 0.274. The molecule has 0 saturated heterocycles.